The minimum Gasteiger partial charge on any atom is -0.303 e. The second kappa shape index (κ2) is 4.18. The quantitative estimate of drug-likeness (QED) is 0.857. The standard InChI is InChI=1S/C8H6BrN5O/c9-5-2-1-3-10-6(5)13-8(15)7-11-4-12-14-7/h1-4H,(H,10,13,15)(H,11,12,14). The van der Waals surface area contributed by atoms with Gasteiger partial charge in [-0.05, 0) is 28.1 Å². The van der Waals surface area contributed by atoms with Crippen LogP contribution in [0.4, 0.5) is 5.82 Å². The van der Waals surface area contributed by atoms with Crippen molar-refractivity contribution in [2.45, 2.75) is 0 Å². The number of hydrogen-bond donors (Lipinski definition) is 2. The zero-order valence-corrected chi connectivity index (χ0v) is 9.02. The van der Waals surface area contributed by atoms with E-state index in [2.05, 4.69) is 41.4 Å². The molecular weight excluding hydrogens is 262 g/mol. The summed E-state index contributed by atoms with van der Waals surface area (Å²) in [5.41, 5.74) is 0. The Balaban J connectivity index is 2.17. The lowest BCUT2D eigenvalue weighted by molar-refractivity contribution is 0.101. The average Bonchev–Trinajstić information content (AvgIpc) is 2.74. The number of amides is 1. The fraction of sp³-hybridized carbons (Fsp3) is 0. The number of H-pyrrole nitrogens is 1. The van der Waals surface area contributed by atoms with E-state index in [1.807, 2.05) is 0 Å². The molecule has 0 aromatic carbocycles. The molecule has 6 nitrogen and oxygen atoms in total. The zero-order chi connectivity index (χ0) is 10.7. The second-order valence-corrected chi connectivity index (χ2v) is 3.48. The van der Waals surface area contributed by atoms with E-state index in [0.717, 1.165) is 0 Å². The van der Waals surface area contributed by atoms with Gasteiger partial charge in [-0.1, -0.05) is 0 Å². The molecule has 0 atom stereocenters. The summed E-state index contributed by atoms with van der Waals surface area (Å²) in [5, 5.41) is 8.62. The average molecular weight is 268 g/mol. The van der Waals surface area contributed by atoms with Crippen molar-refractivity contribution in [1.82, 2.24) is 20.2 Å². The number of rotatable bonds is 2. The van der Waals surface area contributed by atoms with Gasteiger partial charge in [-0.2, -0.15) is 5.10 Å². The summed E-state index contributed by atoms with van der Waals surface area (Å²) in [6.45, 7) is 0. The number of carbonyl (C=O) groups excluding carboxylic acids is 1. The van der Waals surface area contributed by atoms with Crippen LogP contribution in [0, 0.1) is 0 Å². The largest absolute Gasteiger partial charge is 0.303 e. The van der Waals surface area contributed by atoms with Gasteiger partial charge in [0.15, 0.2) is 0 Å². The third-order valence-corrected chi connectivity index (χ3v) is 2.26. The summed E-state index contributed by atoms with van der Waals surface area (Å²) in [6, 6.07) is 3.54. The molecule has 0 aliphatic carbocycles. The number of nitrogens with zero attached hydrogens (tertiary/aromatic N) is 3. The Hall–Kier alpha value is -1.76. The van der Waals surface area contributed by atoms with Gasteiger partial charge in [-0.3, -0.25) is 9.89 Å². The molecule has 0 saturated heterocycles. The maximum atomic E-state index is 11.5. The van der Waals surface area contributed by atoms with Gasteiger partial charge in [-0.15, -0.1) is 0 Å². The SMILES string of the molecule is O=C(Nc1ncccc1Br)c1ncn[nH]1. The van der Waals surface area contributed by atoms with Crippen LogP contribution in [0.5, 0.6) is 0 Å². The first-order valence-electron chi connectivity index (χ1n) is 4.04. The minimum absolute atomic E-state index is 0.146. The molecule has 0 bridgehead atoms. The fourth-order valence-electron chi connectivity index (χ4n) is 0.959. The van der Waals surface area contributed by atoms with Crippen LogP contribution in [0.3, 0.4) is 0 Å². The Morgan fingerprint density at radius 3 is 3.00 bits per heavy atom. The first-order valence-corrected chi connectivity index (χ1v) is 4.84. The number of nitrogens with one attached hydrogen (secondary N) is 2. The summed E-state index contributed by atoms with van der Waals surface area (Å²) in [6.07, 6.45) is 2.85. The molecule has 2 rings (SSSR count). The molecule has 2 aromatic heterocycles. The van der Waals surface area contributed by atoms with E-state index in [4.69, 9.17) is 0 Å². The predicted octanol–water partition coefficient (Wildman–Crippen LogP) is 1.21. The van der Waals surface area contributed by atoms with E-state index in [-0.39, 0.29) is 11.7 Å². The van der Waals surface area contributed by atoms with E-state index >= 15 is 0 Å². The topological polar surface area (TPSA) is 83.6 Å². The highest BCUT2D eigenvalue weighted by atomic mass is 79.9. The Morgan fingerprint density at radius 2 is 2.33 bits per heavy atom. The van der Waals surface area contributed by atoms with Crippen molar-refractivity contribution in [2.24, 2.45) is 0 Å². The van der Waals surface area contributed by atoms with Gasteiger partial charge in [0.25, 0.3) is 5.91 Å². The highest BCUT2D eigenvalue weighted by molar-refractivity contribution is 9.10. The summed E-state index contributed by atoms with van der Waals surface area (Å²) in [5.74, 6) is 0.207. The molecule has 0 fully saturated rings. The van der Waals surface area contributed by atoms with Crippen LogP contribution in [0.1, 0.15) is 10.6 Å². The molecule has 0 unspecified atom stereocenters. The number of aromatic amines is 1. The van der Waals surface area contributed by atoms with E-state index in [1.54, 1.807) is 18.3 Å². The lowest BCUT2D eigenvalue weighted by Crippen LogP contribution is -2.14. The molecule has 76 valence electrons. The molecule has 2 heterocycles. The lowest BCUT2D eigenvalue weighted by atomic mass is 10.4. The van der Waals surface area contributed by atoms with Gasteiger partial charge >= 0.3 is 0 Å². The van der Waals surface area contributed by atoms with Crippen LogP contribution in [-0.2, 0) is 0 Å². The molecule has 15 heavy (non-hydrogen) atoms. The van der Waals surface area contributed by atoms with Crippen molar-refractivity contribution >= 4 is 27.7 Å². The van der Waals surface area contributed by atoms with Crippen molar-refractivity contribution < 1.29 is 4.79 Å². The van der Waals surface area contributed by atoms with Crippen molar-refractivity contribution in [3.05, 3.63) is 35.0 Å². The number of anilines is 1. The summed E-state index contributed by atoms with van der Waals surface area (Å²) < 4.78 is 0.706. The third-order valence-electron chi connectivity index (χ3n) is 1.62. The van der Waals surface area contributed by atoms with Crippen molar-refractivity contribution in [3.63, 3.8) is 0 Å². The lowest BCUT2D eigenvalue weighted by Gasteiger charge is -2.02. The molecule has 1 amide bonds. The van der Waals surface area contributed by atoms with E-state index in [9.17, 15) is 4.79 Å². The van der Waals surface area contributed by atoms with E-state index in [1.165, 1.54) is 6.33 Å². The Kier molecular flexibility index (Phi) is 2.72. The second-order valence-electron chi connectivity index (χ2n) is 2.62. The number of carbonyl (C=O) groups is 1. The summed E-state index contributed by atoms with van der Waals surface area (Å²) in [7, 11) is 0. The predicted molar refractivity (Wildman–Crippen MR) is 56.3 cm³/mol. The highest BCUT2D eigenvalue weighted by Crippen LogP contribution is 2.18. The van der Waals surface area contributed by atoms with Gasteiger partial charge in [0.2, 0.25) is 5.82 Å². The third kappa shape index (κ3) is 2.18. The van der Waals surface area contributed by atoms with Crippen LogP contribution in [0.25, 0.3) is 0 Å². The monoisotopic (exact) mass is 267 g/mol. The number of hydrogen-bond acceptors (Lipinski definition) is 4. The van der Waals surface area contributed by atoms with Crippen LogP contribution < -0.4 is 5.32 Å². The van der Waals surface area contributed by atoms with Crippen LogP contribution in [0.2, 0.25) is 0 Å². The molecule has 0 aliphatic heterocycles. The van der Waals surface area contributed by atoms with Crippen molar-refractivity contribution in [1.29, 1.82) is 0 Å². The van der Waals surface area contributed by atoms with Gasteiger partial charge in [0, 0.05) is 6.20 Å². The smallest absolute Gasteiger partial charge is 0.294 e. The molecule has 0 saturated carbocycles. The van der Waals surface area contributed by atoms with Crippen molar-refractivity contribution in [2.75, 3.05) is 5.32 Å². The molecule has 0 spiro atoms. The van der Waals surface area contributed by atoms with Crippen LogP contribution in [-0.4, -0.2) is 26.1 Å². The highest BCUT2D eigenvalue weighted by Gasteiger charge is 2.10. The maximum absolute atomic E-state index is 11.5. The first kappa shape index (κ1) is 9.78. The van der Waals surface area contributed by atoms with E-state index < -0.39 is 0 Å². The Morgan fingerprint density at radius 1 is 1.47 bits per heavy atom. The molecular formula is C8H6BrN5O. The summed E-state index contributed by atoms with van der Waals surface area (Å²) in [4.78, 5) is 19.2. The molecule has 2 aromatic rings. The Labute approximate surface area is 93.3 Å². The molecule has 0 aliphatic rings. The maximum Gasteiger partial charge on any atom is 0.294 e. The normalized spacial score (nSPS) is 9.93. The molecule has 7 heteroatoms. The summed E-state index contributed by atoms with van der Waals surface area (Å²) >= 11 is 3.26. The number of pyridine rings is 1. The Bertz CT molecular complexity index is 470. The molecule has 0 radical (unpaired) electrons. The first-order chi connectivity index (χ1) is 7.27. The zero-order valence-electron chi connectivity index (χ0n) is 7.44. The van der Waals surface area contributed by atoms with Crippen LogP contribution in [0.15, 0.2) is 29.1 Å². The number of halogens is 1. The fourth-order valence-corrected chi connectivity index (χ4v) is 1.31. The van der Waals surface area contributed by atoms with Gasteiger partial charge < -0.3 is 5.32 Å². The minimum atomic E-state index is -0.382. The van der Waals surface area contributed by atoms with Gasteiger partial charge in [0.05, 0.1) is 4.47 Å². The molecule has 2 N–H and O–H groups in total. The van der Waals surface area contributed by atoms with Crippen molar-refractivity contribution in [3.8, 4) is 0 Å². The van der Waals surface area contributed by atoms with Crippen LogP contribution >= 0.6 is 15.9 Å². The van der Waals surface area contributed by atoms with Gasteiger partial charge in [-0.25, -0.2) is 9.97 Å². The number of aromatic nitrogens is 4. The van der Waals surface area contributed by atoms with Gasteiger partial charge in [0.1, 0.15) is 12.1 Å². The van der Waals surface area contributed by atoms with E-state index in [0.29, 0.717) is 10.3 Å².